The molecule has 0 saturated heterocycles. The van der Waals surface area contributed by atoms with Gasteiger partial charge in [-0.3, -0.25) is 10.1 Å². The molecule has 1 unspecified atom stereocenters. The Morgan fingerprint density at radius 3 is 2.71 bits per heavy atom. The van der Waals surface area contributed by atoms with E-state index in [-0.39, 0.29) is 16.5 Å². The van der Waals surface area contributed by atoms with Crippen molar-refractivity contribution in [3.8, 4) is 5.75 Å². The topological polar surface area (TPSA) is 75.4 Å². The van der Waals surface area contributed by atoms with Crippen LogP contribution in [-0.2, 0) is 0 Å². The summed E-state index contributed by atoms with van der Waals surface area (Å²) in [6, 6.07) is 7.43. The normalized spacial score (nSPS) is 12.0. The first-order valence-electron chi connectivity index (χ1n) is 6.07. The molecular formula is C14H12ClFN2O3. The molecule has 0 amide bonds. The summed E-state index contributed by atoms with van der Waals surface area (Å²) >= 11 is 5.73. The van der Waals surface area contributed by atoms with Crippen LogP contribution in [0.2, 0.25) is 5.02 Å². The van der Waals surface area contributed by atoms with E-state index < -0.39 is 16.8 Å². The molecule has 0 radical (unpaired) electrons. The van der Waals surface area contributed by atoms with Crippen LogP contribution in [-0.4, -0.2) is 10.0 Å². The molecule has 0 aromatic heterocycles. The number of phenolic OH excluding ortho intramolecular Hbond substituents is 1. The summed E-state index contributed by atoms with van der Waals surface area (Å²) in [7, 11) is 0. The number of anilines is 1. The van der Waals surface area contributed by atoms with Crippen molar-refractivity contribution < 1.29 is 14.4 Å². The van der Waals surface area contributed by atoms with Crippen LogP contribution in [0.25, 0.3) is 0 Å². The Kier molecular flexibility index (Phi) is 4.28. The van der Waals surface area contributed by atoms with Crippen molar-refractivity contribution in [2.24, 2.45) is 0 Å². The number of benzene rings is 2. The molecule has 0 aliphatic heterocycles. The van der Waals surface area contributed by atoms with E-state index in [1.54, 1.807) is 13.0 Å². The van der Waals surface area contributed by atoms with E-state index in [0.717, 1.165) is 6.07 Å². The number of aromatic hydroxyl groups is 1. The Hall–Kier alpha value is -2.34. The third-order valence-corrected chi connectivity index (χ3v) is 3.30. The van der Waals surface area contributed by atoms with Crippen LogP contribution in [0.4, 0.5) is 15.8 Å². The van der Waals surface area contributed by atoms with E-state index in [0.29, 0.717) is 11.3 Å². The molecule has 110 valence electrons. The highest BCUT2D eigenvalue weighted by atomic mass is 35.5. The number of nitrogens with one attached hydrogen (secondary N) is 1. The highest BCUT2D eigenvalue weighted by molar-refractivity contribution is 6.32. The maximum atomic E-state index is 13.2. The largest absolute Gasteiger partial charge is 0.508 e. The molecular weight excluding hydrogens is 299 g/mol. The Bertz CT molecular complexity index is 694. The van der Waals surface area contributed by atoms with Gasteiger partial charge in [0.2, 0.25) is 0 Å². The molecule has 2 aromatic rings. The lowest BCUT2D eigenvalue weighted by atomic mass is 10.1. The lowest BCUT2D eigenvalue weighted by Crippen LogP contribution is -2.07. The van der Waals surface area contributed by atoms with Gasteiger partial charge in [-0.25, -0.2) is 4.39 Å². The van der Waals surface area contributed by atoms with Crippen molar-refractivity contribution in [3.05, 3.63) is 62.9 Å². The van der Waals surface area contributed by atoms with E-state index in [1.807, 2.05) is 0 Å². The molecule has 1 atom stereocenters. The molecule has 0 fully saturated rings. The lowest BCUT2D eigenvalue weighted by Gasteiger charge is -2.17. The third kappa shape index (κ3) is 3.41. The summed E-state index contributed by atoms with van der Waals surface area (Å²) < 4.78 is 13.2. The van der Waals surface area contributed by atoms with E-state index in [4.69, 9.17) is 11.6 Å². The standard InChI is InChI=1S/C14H12ClFN2O3/c1-8(11-6-9(16)2-5-14(11)19)17-10-3-4-12(15)13(7-10)18(20)21/h2-8,17,19H,1H3. The van der Waals surface area contributed by atoms with Crippen molar-refractivity contribution in [2.75, 3.05) is 5.32 Å². The van der Waals surface area contributed by atoms with Crippen LogP contribution in [0.1, 0.15) is 18.5 Å². The van der Waals surface area contributed by atoms with Gasteiger partial charge in [-0.1, -0.05) is 11.6 Å². The zero-order valence-corrected chi connectivity index (χ0v) is 11.8. The van der Waals surface area contributed by atoms with Crippen LogP contribution in [0.3, 0.4) is 0 Å². The third-order valence-electron chi connectivity index (χ3n) is 2.98. The number of nitrogens with zero attached hydrogens (tertiary/aromatic N) is 1. The maximum absolute atomic E-state index is 13.2. The van der Waals surface area contributed by atoms with Crippen LogP contribution in [0.5, 0.6) is 5.75 Å². The smallest absolute Gasteiger partial charge is 0.289 e. The van der Waals surface area contributed by atoms with Crippen molar-refractivity contribution in [2.45, 2.75) is 13.0 Å². The van der Waals surface area contributed by atoms with Gasteiger partial charge < -0.3 is 10.4 Å². The van der Waals surface area contributed by atoms with E-state index >= 15 is 0 Å². The van der Waals surface area contributed by atoms with Gasteiger partial charge in [0, 0.05) is 17.3 Å². The van der Waals surface area contributed by atoms with Crippen molar-refractivity contribution in [1.82, 2.24) is 0 Å². The van der Waals surface area contributed by atoms with Crippen molar-refractivity contribution in [1.29, 1.82) is 0 Å². The quantitative estimate of drug-likeness (QED) is 0.653. The fraction of sp³-hybridized carbons (Fsp3) is 0.143. The van der Waals surface area contributed by atoms with E-state index in [9.17, 15) is 19.6 Å². The number of rotatable bonds is 4. The zero-order valence-electron chi connectivity index (χ0n) is 11.0. The van der Waals surface area contributed by atoms with Gasteiger partial charge in [0.1, 0.15) is 16.6 Å². The SMILES string of the molecule is CC(Nc1ccc(Cl)c([N+](=O)[O-])c1)c1cc(F)ccc1O. The van der Waals surface area contributed by atoms with E-state index in [1.165, 1.54) is 24.3 Å². The van der Waals surface area contributed by atoms with Gasteiger partial charge >= 0.3 is 0 Å². The molecule has 2 aromatic carbocycles. The zero-order chi connectivity index (χ0) is 15.6. The second-order valence-corrected chi connectivity index (χ2v) is 4.90. The minimum atomic E-state index is -0.585. The minimum Gasteiger partial charge on any atom is -0.508 e. The first-order valence-corrected chi connectivity index (χ1v) is 6.45. The summed E-state index contributed by atoms with van der Waals surface area (Å²) in [5, 5.41) is 23.6. The maximum Gasteiger partial charge on any atom is 0.289 e. The number of nitro benzene ring substituents is 1. The predicted octanol–water partition coefficient (Wildman–Crippen LogP) is 4.27. The van der Waals surface area contributed by atoms with Crippen LogP contribution < -0.4 is 5.32 Å². The van der Waals surface area contributed by atoms with Crippen LogP contribution in [0.15, 0.2) is 36.4 Å². The monoisotopic (exact) mass is 310 g/mol. The van der Waals surface area contributed by atoms with Gasteiger partial charge in [-0.2, -0.15) is 0 Å². The average molecular weight is 311 g/mol. The van der Waals surface area contributed by atoms with Crippen molar-refractivity contribution >= 4 is 23.0 Å². The predicted molar refractivity (Wildman–Crippen MR) is 78.2 cm³/mol. The molecule has 0 bridgehead atoms. The average Bonchev–Trinajstić information content (AvgIpc) is 2.43. The molecule has 0 aliphatic carbocycles. The number of halogens is 2. The van der Waals surface area contributed by atoms with Gasteiger partial charge in [-0.05, 0) is 37.3 Å². The summed E-state index contributed by atoms with van der Waals surface area (Å²) in [5.74, 6) is -0.529. The first kappa shape index (κ1) is 15.1. The molecule has 2 rings (SSSR count). The Morgan fingerprint density at radius 2 is 2.05 bits per heavy atom. The number of hydrogen-bond donors (Lipinski definition) is 2. The second-order valence-electron chi connectivity index (χ2n) is 4.49. The summed E-state index contributed by atoms with van der Waals surface area (Å²) in [4.78, 5) is 10.2. The van der Waals surface area contributed by atoms with E-state index in [2.05, 4.69) is 5.32 Å². The fourth-order valence-corrected chi connectivity index (χ4v) is 2.13. The molecule has 0 saturated carbocycles. The molecule has 7 heteroatoms. The summed E-state index contributed by atoms with van der Waals surface area (Å²) in [6.07, 6.45) is 0. The second kappa shape index (κ2) is 5.97. The Morgan fingerprint density at radius 1 is 1.33 bits per heavy atom. The Labute approximate surface area is 125 Å². The fourth-order valence-electron chi connectivity index (χ4n) is 1.94. The number of phenols is 1. The minimum absolute atomic E-state index is 0.0341. The van der Waals surface area contributed by atoms with Gasteiger partial charge in [0.15, 0.2) is 0 Å². The molecule has 0 spiro atoms. The number of nitro groups is 1. The molecule has 21 heavy (non-hydrogen) atoms. The highest BCUT2D eigenvalue weighted by Crippen LogP contribution is 2.31. The number of hydrogen-bond acceptors (Lipinski definition) is 4. The van der Waals surface area contributed by atoms with Crippen molar-refractivity contribution in [3.63, 3.8) is 0 Å². The molecule has 0 heterocycles. The van der Waals surface area contributed by atoms with Crippen LogP contribution >= 0.6 is 11.6 Å². The van der Waals surface area contributed by atoms with Gasteiger partial charge in [0.05, 0.1) is 11.0 Å². The Balaban J connectivity index is 2.27. The molecule has 5 nitrogen and oxygen atoms in total. The van der Waals surface area contributed by atoms with Gasteiger partial charge in [0.25, 0.3) is 5.69 Å². The lowest BCUT2D eigenvalue weighted by molar-refractivity contribution is -0.384. The summed E-state index contributed by atoms with van der Waals surface area (Å²) in [5.41, 5.74) is 0.576. The highest BCUT2D eigenvalue weighted by Gasteiger charge is 2.16. The first-order chi connectivity index (χ1) is 9.88. The summed E-state index contributed by atoms with van der Waals surface area (Å²) in [6.45, 7) is 1.70. The van der Waals surface area contributed by atoms with Crippen LogP contribution in [0, 0.1) is 15.9 Å². The van der Waals surface area contributed by atoms with Gasteiger partial charge in [-0.15, -0.1) is 0 Å². The molecule has 2 N–H and O–H groups in total. The molecule has 0 aliphatic rings.